The van der Waals surface area contributed by atoms with Gasteiger partial charge in [-0.3, -0.25) is 0 Å². The lowest BCUT2D eigenvalue weighted by Gasteiger charge is -2.07. The van der Waals surface area contributed by atoms with Crippen molar-refractivity contribution in [2.45, 2.75) is 13.3 Å². The van der Waals surface area contributed by atoms with Gasteiger partial charge >= 0.3 is 0 Å². The third kappa shape index (κ3) is 2.97. The van der Waals surface area contributed by atoms with Gasteiger partial charge < -0.3 is 5.32 Å². The third-order valence-electron chi connectivity index (χ3n) is 1.57. The molecular weight excluding hydrogens is 179 g/mol. The molecule has 0 aromatic heterocycles. The number of alkyl halides is 2. The van der Waals surface area contributed by atoms with Gasteiger partial charge in [-0.05, 0) is 24.6 Å². The number of benzene rings is 1. The first-order valence-electron chi connectivity index (χ1n) is 3.88. The summed E-state index contributed by atoms with van der Waals surface area (Å²) in [6.07, 6.45) is -2.47. The molecule has 1 aromatic carbocycles. The highest BCUT2D eigenvalue weighted by molar-refractivity contribution is 5.46. The van der Waals surface area contributed by atoms with Gasteiger partial charge in [0.2, 0.25) is 0 Å². The molecule has 0 atom stereocenters. The standard InChI is InChI=1S/C9H10F3N/c1-6-2-3-7(10)8(4-6)13-5-9(11)12/h2-4,9,13H,5H2,1H3. The number of hydrogen-bond acceptors (Lipinski definition) is 1. The minimum absolute atomic E-state index is 0.125. The molecule has 0 aliphatic carbocycles. The third-order valence-corrected chi connectivity index (χ3v) is 1.57. The van der Waals surface area contributed by atoms with E-state index in [-0.39, 0.29) is 5.69 Å². The number of nitrogens with one attached hydrogen (secondary N) is 1. The maximum atomic E-state index is 12.9. The molecular formula is C9H10F3N. The van der Waals surface area contributed by atoms with Crippen molar-refractivity contribution < 1.29 is 13.2 Å². The highest BCUT2D eigenvalue weighted by atomic mass is 19.3. The first kappa shape index (κ1) is 9.89. The summed E-state index contributed by atoms with van der Waals surface area (Å²) < 4.78 is 36.4. The lowest BCUT2D eigenvalue weighted by atomic mass is 10.2. The predicted molar refractivity (Wildman–Crippen MR) is 45.6 cm³/mol. The van der Waals surface area contributed by atoms with Crippen molar-refractivity contribution in [1.29, 1.82) is 0 Å². The molecule has 1 nitrogen and oxygen atoms in total. The summed E-state index contributed by atoms with van der Waals surface area (Å²) in [7, 11) is 0. The number of hydrogen-bond donors (Lipinski definition) is 1. The van der Waals surface area contributed by atoms with Crippen LogP contribution >= 0.6 is 0 Å². The Bertz CT molecular complexity index is 286. The Labute approximate surface area is 74.6 Å². The van der Waals surface area contributed by atoms with Crippen molar-refractivity contribution >= 4 is 5.69 Å². The zero-order chi connectivity index (χ0) is 9.84. The zero-order valence-electron chi connectivity index (χ0n) is 7.15. The van der Waals surface area contributed by atoms with Crippen LogP contribution in [0.15, 0.2) is 18.2 Å². The zero-order valence-corrected chi connectivity index (χ0v) is 7.15. The molecule has 0 spiro atoms. The lowest BCUT2D eigenvalue weighted by molar-refractivity contribution is 0.163. The summed E-state index contributed by atoms with van der Waals surface area (Å²) in [6, 6.07) is 4.34. The van der Waals surface area contributed by atoms with Gasteiger partial charge in [-0.15, -0.1) is 0 Å². The van der Waals surface area contributed by atoms with Crippen molar-refractivity contribution in [3.63, 3.8) is 0 Å². The van der Waals surface area contributed by atoms with Crippen molar-refractivity contribution in [1.82, 2.24) is 0 Å². The largest absolute Gasteiger partial charge is 0.377 e. The number of aryl methyl sites for hydroxylation is 1. The second-order valence-corrected chi connectivity index (χ2v) is 2.76. The molecule has 4 heteroatoms. The van der Waals surface area contributed by atoms with Crippen LogP contribution in [-0.2, 0) is 0 Å². The second-order valence-electron chi connectivity index (χ2n) is 2.76. The molecule has 72 valence electrons. The Hall–Kier alpha value is -1.19. The first-order valence-corrected chi connectivity index (χ1v) is 3.88. The topological polar surface area (TPSA) is 12.0 Å². The van der Waals surface area contributed by atoms with Crippen LogP contribution in [0.3, 0.4) is 0 Å². The van der Waals surface area contributed by atoms with E-state index in [1.165, 1.54) is 12.1 Å². The summed E-state index contributed by atoms with van der Waals surface area (Å²) >= 11 is 0. The fourth-order valence-corrected chi connectivity index (χ4v) is 0.962. The lowest BCUT2D eigenvalue weighted by Crippen LogP contribution is -2.11. The summed E-state index contributed by atoms with van der Waals surface area (Å²) in [4.78, 5) is 0. The summed E-state index contributed by atoms with van der Waals surface area (Å²) in [5.74, 6) is -0.508. The molecule has 0 saturated carbocycles. The van der Waals surface area contributed by atoms with E-state index in [1.54, 1.807) is 13.0 Å². The molecule has 0 radical (unpaired) electrons. The van der Waals surface area contributed by atoms with Gasteiger partial charge in [0, 0.05) is 0 Å². The highest BCUT2D eigenvalue weighted by Gasteiger charge is 2.05. The van der Waals surface area contributed by atoms with Crippen LogP contribution in [0, 0.1) is 12.7 Å². The van der Waals surface area contributed by atoms with Gasteiger partial charge in [0.05, 0.1) is 12.2 Å². The Kier molecular flexibility index (Phi) is 3.17. The molecule has 0 bridgehead atoms. The Balaban J connectivity index is 2.70. The van der Waals surface area contributed by atoms with Crippen molar-refractivity contribution in [3.8, 4) is 0 Å². The summed E-state index contributed by atoms with van der Waals surface area (Å²) in [5.41, 5.74) is 0.957. The van der Waals surface area contributed by atoms with Crippen LogP contribution in [0.4, 0.5) is 18.9 Å². The van der Waals surface area contributed by atoms with Crippen molar-refractivity contribution in [2.75, 3.05) is 11.9 Å². The molecule has 0 saturated heterocycles. The monoisotopic (exact) mass is 189 g/mol. The number of halogens is 3. The SMILES string of the molecule is Cc1ccc(F)c(NCC(F)F)c1. The van der Waals surface area contributed by atoms with Crippen molar-refractivity contribution in [3.05, 3.63) is 29.6 Å². The molecule has 0 aliphatic rings. The molecule has 0 unspecified atom stereocenters. The van der Waals surface area contributed by atoms with Crippen LogP contribution in [0.2, 0.25) is 0 Å². The van der Waals surface area contributed by atoms with E-state index in [2.05, 4.69) is 5.32 Å². The van der Waals surface area contributed by atoms with Crippen LogP contribution in [0.1, 0.15) is 5.56 Å². The Morgan fingerprint density at radius 1 is 1.38 bits per heavy atom. The van der Waals surface area contributed by atoms with Gasteiger partial charge in [0.15, 0.2) is 0 Å². The molecule has 1 N–H and O–H groups in total. The molecule has 1 aromatic rings. The second kappa shape index (κ2) is 4.16. The van der Waals surface area contributed by atoms with E-state index in [0.717, 1.165) is 5.56 Å². The van der Waals surface area contributed by atoms with E-state index < -0.39 is 18.8 Å². The average Bonchev–Trinajstić information content (AvgIpc) is 2.06. The van der Waals surface area contributed by atoms with E-state index in [0.29, 0.717) is 0 Å². The van der Waals surface area contributed by atoms with Gasteiger partial charge in [-0.1, -0.05) is 6.07 Å². The van der Waals surface area contributed by atoms with Crippen LogP contribution in [-0.4, -0.2) is 13.0 Å². The van der Waals surface area contributed by atoms with Gasteiger partial charge in [0.1, 0.15) is 5.82 Å². The molecule has 0 aliphatic heterocycles. The number of anilines is 1. The Morgan fingerprint density at radius 2 is 2.08 bits per heavy atom. The molecule has 13 heavy (non-hydrogen) atoms. The summed E-state index contributed by atoms with van der Waals surface area (Å²) in [6.45, 7) is 1.24. The first-order chi connectivity index (χ1) is 6.09. The van der Waals surface area contributed by atoms with E-state index in [9.17, 15) is 13.2 Å². The normalized spacial score (nSPS) is 10.5. The van der Waals surface area contributed by atoms with Gasteiger partial charge in [0.25, 0.3) is 6.43 Å². The summed E-state index contributed by atoms with van der Waals surface area (Å²) in [5, 5.41) is 2.33. The smallest absolute Gasteiger partial charge is 0.255 e. The predicted octanol–water partition coefficient (Wildman–Crippen LogP) is 2.81. The van der Waals surface area contributed by atoms with Gasteiger partial charge in [-0.2, -0.15) is 0 Å². The van der Waals surface area contributed by atoms with Crippen LogP contribution < -0.4 is 5.32 Å². The van der Waals surface area contributed by atoms with Crippen LogP contribution in [0.25, 0.3) is 0 Å². The highest BCUT2D eigenvalue weighted by Crippen LogP contribution is 2.15. The van der Waals surface area contributed by atoms with Gasteiger partial charge in [-0.25, -0.2) is 13.2 Å². The molecule has 0 fully saturated rings. The Morgan fingerprint density at radius 3 is 2.69 bits per heavy atom. The maximum absolute atomic E-state index is 12.9. The van der Waals surface area contributed by atoms with Crippen LogP contribution in [0.5, 0.6) is 0 Å². The number of rotatable bonds is 3. The molecule has 0 amide bonds. The molecule has 0 heterocycles. The minimum Gasteiger partial charge on any atom is -0.377 e. The fraction of sp³-hybridized carbons (Fsp3) is 0.333. The van der Waals surface area contributed by atoms with E-state index >= 15 is 0 Å². The van der Waals surface area contributed by atoms with E-state index in [1.807, 2.05) is 0 Å². The van der Waals surface area contributed by atoms with Crippen molar-refractivity contribution in [2.24, 2.45) is 0 Å². The molecule has 1 rings (SSSR count). The average molecular weight is 189 g/mol. The van der Waals surface area contributed by atoms with E-state index in [4.69, 9.17) is 0 Å². The fourth-order valence-electron chi connectivity index (χ4n) is 0.962. The quantitative estimate of drug-likeness (QED) is 0.770. The maximum Gasteiger partial charge on any atom is 0.255 e. The minimum atomic E-state index is -2.47.